The van der Waals surface area contributed by atoms with Crippen molar-refractivity contribution in [1.82, 2.24) is 0 Å². The Bertz CT molecular complexity index is 250. The van der Waals surface area contributed by atoms with E-state index in [4.69, 9.17) is 0 Å². The van der Waals surface area contributed by atoms with Gasteiger partial charge in [0.25, 0.3) is 0 Å². The average molecular weight is 224 g/mol. The van der Waals surface area contributed by atoms with Crippen molar-refractivity contribution in [3.63, 3.8) is 0 Å². The Kier molecular flexibility index (Phi) is 4.61. The van der Waals surface area contributed by atoms with Crippen molar-refractivity contribution in [3.8, 4) is 0 Å². The number of allylic oxidation sites excluding steroid dienone is 1. The number of rotatable bonds is 4. The van der Waals surface area contributed by atoms with E-state index >= 15 is 0 Å². The molecular formula is C15H28O. The van der Waals surface area contributed by atoms with Crippen LogP contribution in [0.5, 0.6) is 0 Å². The van der Waals surface area contributed by atoms with E-state index in [1.165, 1.54) is 12.8 Å². The van der Waals surface area contributed by atoms with Gasteiger partial charge in [-0.3, -0.25) is 0 Å². The second-order valence-electron chi connectivity index (χ2n) is 6.07. The molecule has 1 aliphatic carbocycles. The van der Waals surface area contributed by atoms with Crippen LogP contribution in [0, 0.1) is 17.3 Å². The van der Waals surface area contributed by atoms with E-state index in [0.717, 1.165) is 24.7 Å². The Balaban J connectivity index is 2.78. The molecule has 0 spiro atoms. The van der Waals surface area contributed by atoms with Crippen LogP contribution in [-0.2, 0) is 0 Å². The minimum absolute atomic E-state index is 0.205. The summed E-state index contributed by atoms with van der Waals surface area (Å²) in [4.78, 5) is 0. The lowest BCUT2D eigenvalue weighted by Gasteiger charge is -2.33. The molecule has 1 aliphatic rings. The Morgan fingerprint density at radius 3 is 2.44 bits per heavy atom. The summed E-state index contributed by atoms with van der Waals surface area (Å²) >= 11 is 0. The second kappa shape index (κ2) is 5.35. The first-order valence-electron chi connectivity index (χ1n) is 6.76. The Morgan fingerprint density at radius 1 is 1.44 bits per heavy atom. The molecule has 0 aromatic heterocycles. The first kappa shape index (κ1) is 13.8. The fourth-order valence-electron chi connectivity index (χ4n) is 3.02. The molecule has 94 valence electrons. The summed E-state index contributed by atoms with van der Waals surface area (Å²) in [5.41, 5.74) is 2.00. The maximum absolute atomic E-state index is 9.38. The van der Waals surface area contributed by atoms with Gasteiger partial charge in [0.2, 0.25) is 0 Å². The number of hydrogen-bond donors (Lipinski definition) is 1. The quantitative estimate of drug-likeness (QED) is 0.711. The van der Waals surface area contributed by atoms with E-state index in [1.54, 1.807) is 5.57 Å². The van der Waals surface area contributed by atoms with Crippen molar-refractivity contribution >= 4 is 0 Å². The maximum atomic E-state index is 9.38. The zero-order chi connectivity index (χ0) is 12.3. The van der Waals surface area contributed by atoms with E-state index in [1.807, 2.05) is 6.92 Å². The van der Waals surface area contributed by atoms with Gasteiger partial charge in [0.1, 0.15) is 0 Å². The van der Waals surface area contributed by atoms with Gasteiger partial charge in [-0.25, -0.2) is 0 Å². The Morgan fingerprint density at radius 2 is 2.06 bits per heavy atom. The topological polar surface area (TPSA) is 20.2 Å². The largest absolute Gasteiger partial charge is 0.393 e. The molecule has 1 fully saturated rings. The minimum atomic E-state index is -0.205. The van der Waals surface area contributed by atoms with Crippen LogP contribution in [-0.4, -0.2) is 11.2 Å². The van der Waals surface area contributed by atoms with Crippen LogP contribution in [0.1, 0.15) is 60.3 Å². The average Bonchev–Trinajstić information content (AvgIpc) is 2.45. The van der Waals surface area contributed by atoms with E-state index in [0.29, 0.717) is 5.41 Å². The van der Waals surface area contributed by atoms with Gasteiger partial charge in [0.15, 0.2) is 0 Å². The molecule has 0 amide bonds. The van der Waals surface area contributed by atoms with Gasteiger partial charge in [-0.15, -0.1) is 0 Å². The molecule has 1 saturated carbocycles. The van der Waals surface area contributed by atoms with Gasteiger partial charge in [-0.2, -0.15) is 0 Å². The monoisotopic (exact) mass is 224 g/mol. The Labute approximate surface area is 101 Å². The SMILES string of the molecule is CCC(=CCC(C)O)C1CCC(C)C1(C)C. The van der Waals surface area contributed by atoms with Crippen LogP contribution < -0.4 is 0 Å². The van der Waals surface area contributed by atoms with Crippen molar-refractivity contribution < 1.29 is 5.11 Å². The summed E-state index contributed by atoms with van der Waals surface area (Å²) in [5.74, 6) is 1.55. The maximum Gasteiger partial charge on any atom is 0.0546 e. The molecule has 0 radical (unpaired) electrons. The molecule has 1 heteroatoms. The summed E-state index contributed by atoms with van der Waals surface area (Å²) in [6, 6.07) is 0. The Hall–Kier alpha value is -0.300. The zero-order valence-corrected chi connectivity index (χ0v) is 11.6. The van der Waals surface area contributed by atoms with Crippen molar-refractivity contribution in [2.75, 3.05) is 0 Å². The standard InChI is InChI=1S/C15H28O/c1-6-13(9-8-12(3)16)14-10-7-11(2)15(14,4)5/h9,11-12,14,16H,6-8,10H2,1-5H3. The van der Waals surface area contributed by atoms with E-state index in [2.05, 4.69) is 33.8 Å². The predicted octanol–water partition coefficient (Wildman–Crippen LogP) is 4.17. The van der Waals surface area contributed by atoms with E-state index in [9.17, 15) is 5.11 Å². The third kappa shape index (κ3) is 2.88. The van der Waals surface area contributed by atoms with Crippen LogP contribution in [0.15, 0.2) is 11.6 Å². The van der Waals surface area contributed by atoms with E-state index in [-0.39, 0.29) is 6.10 Å². The van der Waals surface area contributed by atoms with Gasteiger partial charge >= 0.3 is 0 Å². The highest BCUT2D eigenvalue weighted by molar-refractivity contribution is 5.13. The highest BCUT2D eigenvalue weighted by atomic mass is 16.3. The molecule has 16 heavy (non-hydrogen) atoms. The summed E-state index contributed by atoms with van der Waals surface area (Å²) in [5, 5.41) is 9.38. The van der Waals surface area contributed by atoms with Crippen LogP contribution in [0.3, 0.4) is 0 Å². The summed E-state index contributed by atoms with van der Waals surface area (Å²) in [6.07, 6.45) is 6.70. The van der Waals surface area contributed by atoms with Crippen molar-refractivity contribution in [2.45, 2.75) is 66.4 Å². The molecule has 0 aliphatic heterocycles. The lowest BCUT2D eigenvalue weighted by atomic mass is 9.72. The molecule has 0 saturated heterocycles. The third-order valence-electron chi connectivity index (χ3n) is 4.63. The van der Waals surface area contributed by atoms with Crippen LogP contribution in [0.25, 0.3) is 0 Å². The molecule has 3 unspecified atom stereocenters. The smallest absolute Gasteiger partial charge is 0.0546 e. The van der Waals surface area contributed by atoms with Crippen LogP contribution in [0.4, 0.5) is 0 Å². The molecule has 1 rings (SSSR count). The highest BCUT2D eigenvalue weighted by Gasteiger charge is 2.41. The van der Waals surface area contributed by atoms with E-state index < -0.39 is 0 Å². The fraction of sp³-hybridized carbons (Fsp3) is 0.867. The van der Waals surface area contributed by atoms with Gasteiger partial charge < -0.3 is 5.11 Å². The highest BCUT2D eigenvalue weighted by Crippen LogP contribution is 2.50. The second-order valence-corrected chi connectivity index (χ2v) is 6.07. The zero-order valence-electron chi connectivity index (χ0n) is 11.6. The molecule has 0 aromatic rings. The molecular weight excluding hydrogens is 196 g/mol. The fourth-order valence-corrected chi connectivity index (χ4v) is 3.02. The molecule has 0 heterocycles. The summed E-state index contributed by atoms with van der Waals surface area (Å²) < 4.78 is 0. The summed E-state index contributed by atoms with van der Waals surface area (Å²) in [6.45, 7) is 11.3. The molecule has 1 N–H and O–H groups in total. The lowest BCUT2D eigenvalue weighted by Crippen LogP contribution is -2.24. The molecule has 0 bridgehead atoms. The van der Waals surface area contributed by atoms with Gasteiger partial charge in [0, 0.05) is 0 Å². The van der Waals surface area contributed by atoms with Crippen molar-refractivity contribution in [1.29, 1.82) is 0 Å². The predicted molar refractivity (Wildman–Crippen MR) is 70.3 cm³/mol. The van der Waals surface area contributed by atoms with Crippen LogP contribution in [0.2, 0.25) is 0 Å². The summed E-state index contributed by atoms with van der Waals surface area (Å²) in [7, 11) is 0. The van der Waals surface area contributed by atoms with Gasteiger partial charge in [0.05, 0.1) is 6.10 Å². The van der Waals surface area contributed by atoms with Crippen molar-refractivity contribution in [2.24, 2.45) is 17.3 Å². The molecule has 0 aromatic carbocycles. The minimum Gasteiger partial charge on any atom is -0.393 e. The third-order valence-corrected chi connectivity index (χ3v) is 4.63. The number of aliphatic hydroxyl groups excluding tert-OH is 1. The first-order chi connectivity index (χ1) is 7.39. The number of hydrogen-bond acceptors (Lipinski definition) is 1. The molecule has 1 nitrogen and oxygen atoms in total. The van der Waals surface area contributed by atoms with Crippen molar-refractivity contribution in [3.05, 3.63) is 11.6 Å². The molecule has 3 atom stereocenters. The van der Waals surface area contributed by atoms with Gasteiger partial charge in [-0.1, -0.05) is 39.3 Å². The first-order valence-corrected chi connectivity index (χ1v) is 6.76. The lowest BCUT2D eigenvalue weighted by molar-refractivity contribution is 0.195. The normalized spacial score (nSPS) is 31.8. The number of aliphatic hydroxyl groups is 1. The van der Waals surface area contributed by atoms with Crippen LogP contribution >= 0.6 is 0 Å². The van der Waals surface area contributed by atoms with Gasteiger partial charge in [-0.05, 0) is 49.9 Å².